The largest absolute Gasteiger partial charge is 0.504 e. The Labute approximate surface area is 287 Å². The summed E-state index contributed by atoms with van der Waals surface area (Å²) in [6.07, 6.45) is -8.55. The van der Waals surface area contributed by atoms with Crippen LogP contribution in [0.5, 0.6) is 11.5 Å². The van der Waals surface area contributed by atoms with E-state index in [9.17, 15) is 51.3 Å². The van der Waals surface area contributed by atoms with Crippen LogP contribution in [0.4, 0.5) is 32.0 Å². The van der Waals surface area contributed by atoms with Gasteiger partial charge < -0.3 is 20.1 Å². The summed E-state index contributed by atoms with van der Waals surface area (Å²) in [5, 5.41) is 32.3. The lowest BCUT2D eigenvalue weighted by Gasteiger charge is -2.38. The predicted molar refractivity (Wildman–Crippen MR) is 174 cm³/mol. The standard InChI is InChI=1S/C34H36F6INO6/c1-5-17(8-18-9-25(41)30(45)27(10-18)48-4)6-7-26(44)28-22(16(2)3)14-23-29(24(28)15-43)32(47)42(31(23)46)21-12-19(33(35,36)37)11-20(13-21)34(38,39)40/h8-13,16,23-24,26,29,43-45H,5-7,14-15H2,1-4H3/b17-8+/t23-,24+,26-,29-/m1/s1. The Morgan fingerprint density at radius 1 is 1.04 bits per heavy atom. The molecule has 1 heterocycles. The number of benzene rings is 2. The van der Waals surface area contributed by atoms with Gasteiger partial charge in [-0.25, -0.2) is 4.90 Å². The molecule has 0 aromatic heterocycles. The number of aliphatic hydroxyl groups excluding tert-OH is 2. The van der Waals surface area contributed by atoms with Gasteiger partial charge >= 0.3 is 12.4 Å². The number of hydrogen-bond acceptors (Lipinski definition) is 6. The molecule has 3 N–H and O–H groups in total. The van der Waals surface area contributed by atoms with Crippen molar-refractivity contribution >= 4 is 46.2 Å². The Morgan fingerprint density at radius 3 is 2.15 bits per heavy atom. The summed E-state index contributed by atoms with van der Waals surface area (Å²) in [7, 11) is 1.43. The molecule has 2 aliphatic rings. The SMILES string of the molecule is CC/C(=C\c1cc(I)c(O)c(OC)c1)CC[C@@H](O)C1=C(C(C)C)C[C@H]2C(=O)N(c3cc(C(F)(F)F)cc(C(F)(F)F)c3)C(=O)[C@H]2[C@H]1CO. The molecular formula is C34H36F6INO6. The molecule has 7 nitrogen and oxygen atoms in total. The van der Waals surface area contributed by atoms with Gasteiger partial charge in [-0.3, -0.25) is 9.59 Å². The predicted octanol–water partition coefficient (Wildman–Crippen LogP) is 7.75. The van der Waals surface area contributed by atoms with Gasteiger partial charge in [0.25, 0.3) is 0 Å². The van der Waals surface area contributed by atoms with Crippen LogP contribution in [0.2, 0.25) is 0 Å². The fourth-order valence-electron chi connectivity index (χ4n) is 6.66. The van der Waals surface area contributed by atoms with Crippen molar-refractivity contribution in [2.75, 3.05) is 18.6 Å². The summed E-state index contributed by atoms with van der Waals surface area (Å²) in [5.74, 6) is -5.50. The Bertz CT molecular complexity index is 1600. The summed E-state index contributed by atoms with van der Waals surface area (Å²) in [4.78, 5) is 27.8. The zero-order valence-corrected chi connectivity index (χ0v) is 28.7. The summed E-state index contributed by atoms with van der Waals surface area (Å²) in [5.41, 5.74) is -1.54. The molecule has 2 aromatic rings. The number of aliphatic hydroxyl groups is 2. The van der Waals surface area contributed by atoms with Crippen LogP contribution in [0.25, 0.3) is 6.08 Å². The second-order valence-electron chi connectivity index (χ2n) is 12.3. The van der Waals surface area contributed by atoms with Crippen LogP contribution in [0, 0.1) is 27.2 Å². The number of amides is 2. The van der Waals surface area contributed by atoms with E-state index in [0.29, 0.717) is 50.3 Å². The van der Waals surface area contributed by atoms with Crippen molar-refractivity contribution < 1.29 is 56.0 Å². The third kappa shape index (κ3) is 7.54. The molecule has 2 amide bonds. The molecule has 0 spiro atoms. The number of anilines is 1. The molecule has 0 bridgehead atoms. The zero-order chi connectivity index (χ0) is 35.9. The van der Waals surface area contributed by atoms with E-state index in [2.05, 4.69) is 0 Å². The number of halogens is 7. The van der Waals surface area contributed by atoms with Crippen molar-refractivity contribution in [1.82, 2.24) is 0 Å². The Hall–Kier alpha value is -3.11. The second kappa shape index (κ2) is 14.4. The highest BCUT2D eigenvalue weighted by Gasteiger charge is 2.56. The number of carbonyl (C=O) groups is 2. The van der Waals surface area contributed by atoms with E-state index in [4.69, 9.17) is 4.74 Å². The van der Waals surface area contributed by atoms with Gasteiger partial charge in [0.05, 0.1) is 52.0 Å². The quantitative estimate of drug-likeness (QED) is 0.0984. The average molecular weight is 796 g/mol. The minimum atomic E-state index is -5.19. The van der Waals surface area contributed by atoms with Crippen molar-refractivity contribution in [3.63, 3.8) is 0 Å². The van der Waals surface area contributed by atoms with Gasteiger partial charge in [-0.1, -0.05) is 38.0 Å². The van der Waals surface area contributed by atoms with Gasteiger partial charge in [0.1, 0.15) is 0 Å². The van der Waals surface area contributed by atoms with Crippen LogP contribution in [0.15, 0.2) is 47.1 Å². The van der Waals surface area contributed by atoms with Crippen molar-refractivity contribution in [1.29, 1.82) is 0 Å². The molecule has 1 aliphatic carbocycles. The summed E-state index contributed by atoms with van der Waals surface area (Å²) >= 11 is 1.98. The number of nitrogens with zero attached hydrogens (tertiary/aromatic N) is 1. The topological polar surface area (TPSA) is 107 Å². The fraction of sp³-hybridized carbons (Fsp3) is 0.471. The van der Waals surface area contributed by atoms with E-state index in [1.807, 2.05) is 35.6 Å². The third-order valence-electron chi connectivity index (χ3n) is 9.04. The molecule has 4 rings (SSSR count). The number of aromatic hydroxyl groups is 1. The van der Waals surface area contributed by atoms with Crippen LogP contribution >= 0.6 is 22.6 Å². The van der Waals surface area contributed by atoms with E-state index >= 15 is 0 Å². The Kier molecular flexibility index (Phi) is 11.3. The Morgan fingerprint density at radius 2 is 1.65 bits per heavy atom. The number of fused-ring (bicyclic) bond motifs is 1. The number of methoxy groups -OCH3 is 1. The van der Waals surface area contributed by atoms with Gasteiger partial charge in [0.2, 0.25) is 11.8 Å². The molecule has 0 saturated carbocycles. The van der Waals surface area contributed by atoms with Crippen LogP contribution in [0.1, 0.15) is 63.1 Å². The maximum Gasteiger partial charge on any atom is 0.416 e. The van der Waals surface area contributed by atoms with E-state index in [0.717, 1.165) is 11.1 Å². The molecule has 0 unspecified atom stereocenters. The maximum atomic E-state index is 13.8. The first kappa shape index (κ1) is 37.7. The van der Waals surface area contributed by atoms with Crippen LogP contribution in [-0.4, -0.2) is 47.0 Å². The number of phenolic OH excluding ortho intramolecular Hbond substituents is 1. The fourth-order valence-corrected chi connectivity index (χ4v) is 7.29. The number of alkyl halides is 6. The molecule has 1 saturated heterocycles. The van der Waals surface area contributed by atoms with Gasteiger partial charge in [-0.05, 0) is 95.7 Å². The number of allylic oxidation sites excluding steroid dienone is 2. The third-order valence-corrected chi connectivity index (χ3v) is 9.86. The van der Waals surface area contributed by atoms with Gasteiger partial charge in [0.15, 0.2) is 11.5 Å². The minimum Gasteiger partial charge on any atom is -0.504 e. The Balaban J connectivity index is 1.68. The van der Waals surface area contributed by atoms with Crippen molar-refractivity contribution in [2.45, 2.75) is 64.9 Å². The van der Waals surface area contributed by atoms with E-state index in [1.165, 1.54) is 7.11 Å². The maximum absolute atomic E-state index is 13.8. The molecule has 2 aromatic carbocycles. The molecule has 14 heteroatoms. The molecule has 48 heavy (non-hydrogen) atoms. The molecule has 1 fully saturated rings. The first-order chi connectivity index (χ1) is 22.3. The normalized spacial score (nSPS) is 21.3. The van der Waals surface area contributed by atoms with Gasteiger partial charge in [0, 0.05) is 5.92 Å². The number of phenols is 1. The lowest BCUT2D eigenvalue weighted by atomic mass is 9.66. The first-order valence-electron chi connectivity index (χ1n) is 15.3. The molecular weight excluding hydrogens is 759 g/mol. The van der Waals surface area contributed by atoms with Crippen molar-refractivity contribution in [3.05, 3.63) is 67.3 Å². The molecule has 1 aliphatic heterocycles. The van der Waals surface area contributed by atoms with E-state index < -0.39 is 71.4 Å². The highest BCUT2D eigenvalue weighted by molar-refractivity contribution is 14.1. The molecule has 262 valence electrons. The van der Waals surface area contributed by atoms with Crippen molar-refractivity contribution in [2.24, 2.45) is 23.7 Å². The van der Waals surface area contributed by atoms with Crippen molar-refractivity contribution in [3.8, 4) is 11.5 Å². The lowest BCUT2D eigenvalue weighted by molar-refractivity contribution is -0.143. The average Bonchev–Trinajstić information content (AvgIpc) is 3.27. The smallest absolute Gasteiger partial charge is 0.416 e. The van der Waals surface area contributed by atoms with Crippen LogP contribution in [-0.2, 0) is 21.9 Å². The first-order valence-corrected chi connectivity index (χ1v) is 16.4. The van der Waals surface area contributed by atoms with Crippen LogP contribution < -0.4 is 9.64 Å². The molecule has 0 radical (unpaired) electrons. The number of carbonyl (C=O) groups excluding carboxylic acids is 2. The minimum absolute atomic E-state index is 0.00915. The number of rotatable bonds is 10. The number of hydrogen-bond donors (Lipinski definition) is 3. The van der Waals surface area contributed by atoms with E-state index in [1.54, 1.807) is 26.0 Å². The number of ether oxygens (including phenoxy) is 1. The monoisotopic (exact) mass is 795 g/mol. The zero-order valence-electron chi connectivity index (χ0n) is 26.5. The summed E-state index contributed by atoms with van der Waals surface area (Å²) < 4.78 is 87.5. The highest BCUT2D eigenvalue weighted by atomic mass is 127. The van der Waals surface area contributed by atoms with Gasteiger partial charge in [-0.2, -0.15) is 26.3 Å². The summed E-state index contributed by atoms with van der Waals surface area (Å²) in [6, 6.07) is 4.04. The van der Waals surface area contributed by atoms with Gasteiger partial charge in [-0.15, -0.1) is 0 Å². The van der Waals surface area contributed by atoms with Crippen LogP contribution in [0.3, 0.4) is 0 Å². The summed E-state index contributed by atoms with van der Waals surface area (Å²) in [6.45, 7) is 4.84. The molecule has 4 atom stereocenters. The lowest BCUT2D eigenvalue weighted by Crippen LogP contribution is -2.40. The second-order valence-corrected chi connectivity index (χ2v) is 13.5. The number of imide groups is 1. The van der Waals surface area contributed by atoms with E-state index in [-0.39, 0.29) is 30.6 Å². The highest BCUT2D eigenvalue weighted by Crippen LogP contribution is 2.50.